The van der Waals surface area contributed by atoms with Gasteiger partial charge in [0.25, 0.3) is 0 Å². The minimum absolute atomic E-state index is 0.160. The highest BCUT2D eigenvalue weighted by molar-refractivity contribution is 6.83. The summed E-state index contributed by atoms with van der Waals surface area (Å²) in [6, 6.07) is 8.66. The van der Waals surface area contributed by atoms with Crippen molar-refractivity contribution in [3.8, 4) is 11.5 Å². The van der Waals surface area contributed by atoms with Crippen LogP contribution in [0.15, 0.2) is 42.5 Å². The third-order valence-corrected chi connectivity index (χ3v) is 4.12. The van der Waals surface area contributed by atoms with Gasteiger partial charge in [0.05, 0.1) is 0 Å². The summed E-state index contributed by atoms with van der Waals surface area (Å²) in [5, 5.41) is 0. The zero-order chi connectivity index (χ0) is 14.8. The lowest BCUT2D eigenvalue weighted by Gasteiger charge is -2.22. The van der Waals surface area contributed by atoms with Gasteiger partial charge < -0.3 is 0 Å². The SMILES string of the molecule is CC1(C)C=CCC(c2cccc(C#C[Si](C)(C)C)c2)=C1. The van der Waals surface area contributed by atoms with Gasteiger partial charge in [0, 0.05) is 11.0 Å². The highest BCUT2D eigenvalue weighted by Crippen LogP contribution is 2.32. The van der Waals surface area contributed by atoms with E-state index in [9.17, 15) is 0 Å². The average molecular weight is 280 g/mol. The van der Waals surface area contributed by atoms with Crippen LogP contribution in [-0.2, 0) is 0 Å². The second-order valence-corrected chi connectivity index (χ2v) is 11.9. The summed E-state index contributed by atoms with van der Waals surface area (Å²) in [5.41, 5.74) is 7.46. The van der Waals surface area contributed by atoms with Crippen molar-refractivity contribution in [1.82, 2.24) is 0 Å². The summed E-state index contributed by atoms with van der Waals surface area (Å²) in [5.74, 6) is 3.35. The number of hydrogen-bond donors (Lipinski definition) is 0. The first kappa shape index (κ1) is 14.9. The van der Waals surface area contributed by atoms with E-state index in [4.69, 9.17) is 0 Å². The first-order valence-electron chi connectivity index (χ1n) is 7.28. The highest BCUT2D eigenvalue weighted by Gasteiger charge is 2.16. The third-order valence-electron chi connectivity index (χ3n) is 3.25. The summed E-state index contributed by atoms with van der Waals surface area (Å²) in [4.78, 5) is 0. The van der Waals surface area contributed by atoms with Gasteiger partial charge in [0.2, 0.25) is 0 Å². The lowest BCUT2D eigenvalue weighted by molar-refractivity contribution is 0.618. The van der Waals surface area contributed by atoms with E-state index in [1.807, 2.05) is 0 Å². The first-order chi connectivity index (χ1) is 9.25. The molecule has 104 valence electrons. The van der Waals surface area contributed by atoms with Crippen molar-refractivity contribution >= 4 is 13.6 Å². The Kier molecular flexibility index (Phi) is 4.06. The average Bonchev–Trinajstić information content (AvgIpc) is 2.35. The molecule has 0 saturated heterocycles. The molecule has 0 atom stereocenters. The van der Waals surface area contributed by atoms with E-state index >= 15 is 0 Å². The Labute approximate surface area is 124 Å². The topological polar surface area (TPSA) is 0 Å². The Hall–Kier alpha value is -1.52. The minimum atomic E-state index is -1.31. The summed E-state index contributed by atoms with van der Waals surface area (Å²) in [6.07, 6.45) is 7.95. The Morgan fingerprint density at radius 3 is 2.55 bits per heavy atom. The normalized spacial score (nSPS) is 17.1. The molecule has 1 aliphatic rings. The summed E-state index contributed by atoms with van der Waals surface area (Å²) in [6.45, 7) is 11.3. The van der Waals surface area contributed by atoms with Crippen molar-refractivity contribution in [3.05, 3.63) is 53.6 Å². The van der Waals surface area contributed by atoms with E-state index in [0.717, 1.165) is 12.0 Å². The maximum atomic E-state index is 3.44. The lowest BCUT2D eigenvalue weighted by Crippen LogP contribution is -2.16. The molecular weight excluding hydrogens is 256 g/mol. The maximum Gasteiger partial charge on any atom is 0.129 e. The van der Waals surface area contributed by atoms with E-state index in [2.05, 4.69) is 87.4 Å². The van der Waals surface area contributed by atoms with Crippen molar-refractivity contribution in [3.63, 3.8) is 0 Å². The Bertz CT molecular complexity index is 613. The van der Waals surface area contributed by atoms with Gasteiger partial charge in [-0.1, -0.05) is 69.8 Å². The molecule has 0 N–H and O–H groups in total. The van der Waals surface area contributed by atoms with Gasteiger partial charge >= 0.3 is 0 Å². The standard InChI is InChI=1S/C19H24Si/c1-19(2)12-7-10-18(15-19)17-9-6-8-16(14-17)11-13-20(3,4)5/h6-9,12,14-15H,10H2,1-5H3. The van der Waals surface area contributed by atoms with E-state index in [1.54, 1.807) is 0 Å². The monoisotopic (exact) mass is 280 g/mol. The Balaban J connectivity index is 2.31. The summed E-state index contributed by atoms with van der Waals surface area (Å²) in [7, 11) is -1.31. The fraction of sp³-hybridized carbons (Fsp3) is 0.368. The molecule has 20 heavy (non-hydrogen) atoms. The number of rotatable bonds is 1. The van der Waals surface area contributed by atoms with E-state index in [0.29, 0.717) is 0 Å². The molecule has 1 heteroatoms. The van der Waals surface area contributed by atoms with Crippen LogP contribution in [0.5, 0.6) is 0 Å². The molecule has 0 unspecified atom stereocenters. The van der Waals surface area contributed by atoms with Gasteiger partial charge in [-0.25, -0.2) is 0 Å². The van der Waals surface area contributed by atoms with Gasteiger partial charge in [-0.05, 0) is 29.7 Å². The van der Waals surface area contributed by atoms with Crippen LogP contribution in [0, 0.1) is 16.9 Å². The second-order valence-electron chi connectivity index (χ2n) is 7.18. The van der Waals surface area contributed by atoms with Crippen LogP contribution in [0.25, 0.3) is 5.57 Å². The highest BCUT2D eigenvalue weighted by atomic mass is 28.3. The minimum Gasteiger partial charge on any atom is -0.127 e. The predicted octanol–water partition coefficient (Wildman–Crippen LogP) is 5.29. The number of hydrogen-bond acceptors (Lipinski definition) is 0. The van der Waals surface area contributed by atoms with Crippen molar-refractivity contribution in [1.29, 1.82) is 0 Å². The van der Waals surface area contributed by atoms with E-state index in [-0.39, 0.29) is 5.41 Å². The van der Waals surface area contributed by atoms with E-state index < -0.39 is 8.07 Å². The van der Waals surface area contributed by atoms with Crippen molar-refractivity contribution < 1.29 is 0 Å². The van der Waals surface area contributed by atoms with Gasteiger partial charge in [0.1, 0.15) is 8.07 Å². The molecule has 0 fully saturated rings. The van der Waals surface area contributed by atoms with Crippen LogP contribution in [0.4, 0.5) is 0 Å². The van der Waals surface area contributed by atoms with Crippen LogP contribution in [0.3, 0.4) is 0 Å². The van der Waals surface area contributed by atoms with Crippen LogP contribution >= 0.6 is 0 Å². The summed E-state index contributed by atoms with van der Waals surface area (Å²) < 4.78 is 0. The zero-order valence-electron chi connectivity index (χ0n) is 13.2. The zero-order valence-corrected chi connectivity index (χ0v) is 14.2. The smallest absolute Gasteiger partial charge is 0.127 e. The molecule has 0 amide bonds. The number of allylic oxidation sites excluding steroid dienone is 4. The molecule has 0 aliphatic heterocycles. The molecule has 0 saturated carbocycles. The Morgan fingerprint density at radius 1 is 1.15 bits per heavy atom. The molecule has 0 radical (unpaired) electrons. The van der Waals surface area contributed by atoms with Gasteiger partial charge in [-0.2, -0.15) is 0 Å². The quantitative estimate of drug-likeness (QED) is 0.373. The van der Waals surface area contributed by atoms with Gasteiger partial charge in [0.15, 0.2) is 0 Å². The van der Waals surface area contributed by atoms with E-state index in [1.165, 1.54) is 11.1 Å². The van der Waals surface area contributed by atoms with Crippen molar-refractivity contribution in [2.75, 3.05) is 0 Å². The third kappa shape index (κ3) is 4.25. The first-order valence-corrected chi connectivity index (χ1v) is 10.8. The van der Waals surface area contributed by atoms with Gasteiger partial charge in [-0.3, -0.25) is 0 Å². The maximum absolute atomic E-state index is 3.44. The largest absolute Gasteiger partial charge is 0.129 e. The van der Waals surface area contributed by atoms with Crippen LogP contribution in [0.2, 0.25) is 19.6 Å². The van der Waals surface area contributed by atoms with Crippen LogP contribution < -0.4 is 0 Å². The fourth-order valence-corrected chi connectivity index (χ4v) is 2.82. The molecule has 0 spiro atoms. The Morgan fingerprint density at radius 2 is 1.90 bits per heavy atom. The molecule has 0 nitrogen and oxygen atoms in total. The molecule has 0 heterocycles. The molecule has 1 aliphatic carbocycles. The second kappa shape index (κ2) is 5.46. The van der Waals surface area contributed by atoms with Crippen LogP contribution in [0.1, 0.15) is 31.4 Å². The van der Waals surface area contributed by atoms with Crippen molar-refractivity contribution in [2.24, 2.45) is 5.41 Å². The molecule has 2 rings (SSSR count). The molecule has 1 aromatic carbocycles. The molecule has 1 aromatic rings. The van der Waals surface area contributed by atoms with Crippen molar-refractivity contribution in [2.45, 2.75) is 39.9 Å². The molecule has 0 bridgehead atoms. The lowest BCUT2D eigenvalue weighted by atomic mass is 9.83. The van der Waals surface area contributed by atoms with Gasteiger partial charge in [-0.15, -0.1) is 5.54 Å². The molecular formula is C19H24Si. The molecule has 0 aromatic heterocycles. The van der Waals surface area contributed by atoms with Crippen LogP contribution in [-0.4, -0.2) is 8.07 Å². The summed E-state index contributed by atoms with van der Waals surface area (Å²) >= 11 is 0. The number of benzene rings is 1. The predicted molar refractivity (Wildman–Crippen MR) is 92.2 cm³/mol. The fourth-order valence-electron chi connectivity index (χ4n) is 2.30.